The van der Waals surface area contributed by atoms with E-state index < -0.39 is 0 Å². The summed E-state index contributed by atoms with van der Waals surface area (Å²) in [6, 6.07) is 16.6. The van der Waals surface area contributed by atoms with Crippen LogP contribution >= 0.6 is 0 Å². The van der Waals surface area contributed by atoms with E-state index in [1.807, 2.05) is 38.2 Å². The highest BCUT2D eigenvalue weighted by molar-refractivity contribution is 6.13. The molecule has 0 bridgehead atoms. The van der Waals surface area contributed by atoms with Crippen LogP contribution in [0.3, 0.4) is 0 Å². The van der Waals surface area contributed by atoms with Crippen LogP contribution in [0.15, 0.2) is 54.6 Å². The van der Waals surface area contributed by atoms with Gasteiger partial charge in [-0.25, -0.2) is 4.98 Å². The van der Waals surface area contributed by atoms with Gasteiger partial charge >= 0.3 is 0 Å². The van der Waals surface area contributed by atoms with Crippen molar-refractivity contribution in [2.24, 2.45) is 7.05 Å². The Bertz CT molecular complexity index is 1210. The predicted molar refractivity (Wildman–Crippen MR) is 116 cm³/mol. The normalized spacial score (nSPS) is 10.8. The zero-order valence-electron chi connectivity index (χ0n) is 17.3. The largest absolute Gasteiger partial charge is 0.497 e. The van der Waals surface area contributed by atoms with Crippen LogP contribution in [0.1, 0.15) is 16.1 Å². The van der Waals surface area contributed by atoms with Crippen molar-refractivity contribution >= 4 is 22.6 Å². The molecule has 0 spiro atoms. The summed E-state index contributed by atoms with van der Waals surface area (Å²) >= 11 is 0. The minimum absolute atomic E-state index is 0.224. The molecule has 0 fully saturated rings. The number of nitrogens with zero attached hydrogens (tertiary/aromatic N) is 3. The number of anilines is 1. The second-order valence-corrected chi connectivity index (χ2v) is 6.87. The van der Waals surface area contributed by atoms with Gasteiger partial charge in [-0.05, 0) is 61.5 Å². The first-order chi connectivity index (χ1) is 14.5. The van der Waals surface area contributed by atoms with Crippen LogP contribution in [0.25, 0.3) is 22.3 Å². The molecule has 0 aliphatic heterocycles. The zero-order chi connectivity index (χ0) is 21.3. The summed E-state index contributed by atoms with van der Waals surface area (Å²) in [4.78, 5) is 18.0. The van der Waals surface area contributed by atoms with E-state index in [1.54, 1.807) is 49.2 Å². The van der Waals surface area contributed by atoms with Gasteiger partial charge in [0.15, 0.2) is 5.65 Å². The second-order valence-electron chi connectivity index (χ2n) is 6.87. The molecule has 0 atom stereocenters. The number of pyridine rings is 1. The van der Waals surface area contributed by atoms with Gasteiger partial charge in [0.1, 0.15) is 11.5 Å². The van der Waals surface area contributed by atoms with Crippen molar-refractivity contribution in [3.8, 4) is 22.8 Å². The number of carbonyl (C=O) groups is 1. The molecular formula is C23H22N4O3. The highest BCUT2D eigenvalue weighted by atomic mass is 16.5. The highest BCUT2D eigenvalue weighted by Crippen LogP contribution is 2.28. The number of aryl methyl sites for hydroxylation is 2. The topological polar surface area (TPSA) is 78.3 Å². The fraction of sp³-hybridized carbons (Fsp3) is 0.174. The molecule has 30 heavy (non-hydrogen) atoms. The number of aromatic nitrogens is 3. The quantitative estimate of drug-likeness (QED) is 0.541. The van der Waals surface area contributed by atoms with Crippen molar-refractivity contribution in [2.75, 3.05) is 19.5 Å². The summed E-state index contributed by atoms with van der Waals surface area (Å²) in [7, 11) is 5.05. The molecule has 4 rings (SSSR count). The molecule has 0 saturated carbocycles. The number of rotatable bonds is 5. The summed E-state index contributed by atoms with van der Waals surface area (Å²) in [5, 5.41) is 8.16. The van der Waals surface area contributed by atoms with Crippen molar-refractivity contribution in [3.63, 3.8) is 0 Å². The van der Waals surface area contributed by atoms with Gasteiger partial charge in [-0.1, -0.05) is 0 Å². The Labute approximate surface area is 174 Å². The molecule has 1 amide bonds. The zero-order valence-corrected chi connectivity index (χ0v) is 17.3. The highest BCUT2D eigenvalue weighted by Gasteiger charge is 2.19. The minimum Gasteiger partial charge on any atom is -0.497 e. The first kappa shape index (κ1) is 19.4. The van der Waals surface area contributed by atoms with E-state index in [2.05, 4.69) is 10.4 Å². The molecule has 152 valence electrons. The average molecular weight is 402 g/mol. The Hall–Kier alpha value is -3.87. The number of benzene rings is 2. The molecule has 0 unspecified atom stereocenters. The molecule has 7 heteroatoms. The molecule has 0 saturated heterocycles. The van der Waals surface area contributed by atoms with E-state index in [4.69, 9.17) is 14.5 Å². The molecule has 1 N–H and O–H groups in total. The number of methoxy groups -OCH3 is 2. The van der Waals surface area contributed by atoms with Crippen molar-refractivity contribution < 1.29 is 14.3 Å². The predicted octanol–water partition coefficient (Wildman–Crippen LogP) is 4.21. The molecule has 2 heterocycles. The van der Waals surface area contributed by atoms with Crippen molar-refractivity contribution in [2.45, 2.75) is 6.92 Å². The average Bonchev–Trinajstić information content (AvgIpc) is 3.07. The van der Waals surface area contributed by atoms with Crippen LogP contribution in [0.2, 0.25) is 0 Å². The number of carbonyl (C=O) groups excluding carboxylic acids is 1. The van der Waals surface area contributed by atoms with E-state index in [-0.39, 0.29) is 5.91 Å². The lowest BCUT2D eigenvalue weighted by molar-refractivity contribution is 0.102. The Balaban J connectivity index is 1.79. The number of nitrogens with one attached hydrogen (secondary N) is 1. The lowest BCUT2D eigenvalue weighted by Gasteiger charge is -2.10. The lowest BCUT2D eigenvalue weighted by Crippen LogP contribution is -2.13. The van der Waals surface area contributed by atoms with E-state index in [0.29, 0.717) is 22.6 Å². The van der Waals surface area contributed by atoms with Crippen LogP contribution in [0.4, 0.5) is 5.69 Å². The van der Waals surface area contributed by atoms with E-state index >= 15 is 0 Å². The molecule has 2 aromatic heterocycles. The van der Waals surface area contributed by atoms with Crippen LogP contribution in [-0.2, 0) is 7.05 Å². The van der Waals surface area contributed by atoms with Gasteiger partial charge in [-0.3, -0.25) is 9.48 Å². The fourth-order valence-electron chi connectivity index (χ4n) is 3.41. The Morgan fingerprint density at radius 2 is 1.57 bits per heavy atom. The Morgan fingerprint density at radius 1 is 0.967 bits per heavy atom. The SMILES string of the molecule is COc1ccc(NC(=O)c2cc(-c3ccc(OC)cc3)nc3c2c(C)nn3C)cc1. The van der Waals surface area contributed by atoms with E-state index in [9.17, 15) is 4.79 Å². The second kappa shape index (κ2) is 7.87. The molecule has 2 aromatic carbocycles. The number of fused-ring (bicyclic) bond motifs is 1. The summed E-state index contributed by atoms with van der Waals surface area (Å²) in [5.74, 6) is 1.26. The van der Waals surface area contributed by atoms with Gasteiger partial charge in [-0.15, -0.1) is 0 Å². The molecule has 7 nitrogen and oxygen atoms in total. The first-order valence-corrected chi connectivity index (χ1v) is 9.44. The molecule has 4 aromatic rings. The first-order valence-electron chi connectivity index (χ1n) is 9.44. The third-order valence-corrected chi connectivity index (χ3v) is 4.95. The Kier molecular flexibility index (Phi) is 5.10. The third-order valence-electron chi connectivity index (χ3n) is 4.95. The van der Waals surface area contributed by atoms with E-state index in [1.165, 1.54) is 0 Å². The van der Waals surface area contributed by atoms with Crippen molar-refractivity contribution in [1.29, 1.82) is 0 Å². The van der Waals surface area contributed by atoms with Crippen LogP contribution in [0.5, 0.6) is 11.5 Å². The Morgan fingerprint density at radius 3 is 2.17 bits per heavy atom. The monoisotopic (exact) mass is 402 g/mol. The van der Waals surface area contributed by atoms with Gasteiger partial charge < -0.3 is 14.8 Å². The lowest BCUT2D eigenvalue weighted by atomic mass is 10.0. The van der Waals surface area contributed by atoms with Crippen LogP contribution in [0, 0.1) is 6.92 Å². The number of hydrogen-bond acceptors (Lipinski definition) is 5. The summed E-state index contributed by atoms with van der Waals surface area (Å²) in [5.41, 5.74) is 4.18. The maximum atomic E-state index is 13.2. The molecule has 0 aliphatic rings. The minimum atomic E-state index is -0.224. The maximum absolute atomic E-state index is 13.2. The van der Waals surface area contributed by atoms with Crippen molar-refractivity contribution in [3.05, 3.63) is 65.9 Å². The van der Waals surface area contributed by atoms with Gasteiger partial charge in [-0.2, -0.15) is 5.10 Å². The van der Waals surface area contributed by atoms with Crippen LogP contribution < -0.4 is 14.8 Å². The fourth-order valence-corrected chi connectivity index (χ4v) is 3.41. The van der Waals surface area contributed by atoms with Gasteiger partial charge in [0, 0.05) is 18.3 Å². The molecular weight excluding hydrogens is 380 g/mol. The summed E-state index contributed by atoms with van der Waals surface area (Å²) in [6.07, 6.45) is 0. The van der Waals surface area contributed by atoms with E-state index in [0.717, 1.165) is 28.1 Å². The van der Waals surface area contributed by atoms with Crippen LogP contribution in [-0.4, -0.2) is 34.9 Å². The maximum Gasteiger partial charge on any atom is 0.256 e. The summed E-state index contributed by atoms with van der Waals surface area (Å²) in [6.45, 7) is 1.88. The third kappa shape index (κ3) is 3.57. The smallest absolute Gasteiger partial charge is 0.256 e. The van der Waals surface area contributed by atoms with Gasteiger partial charge in [0.2, 0.25) is 0 Å². The van der Waals surface area contributed by atoms with Gasteiger partial charge in [0.25, 0.3) is 5.91 Å². The number of hydrogen-bond donors (Lipinski definition) is 1. The standard InChI is InChI=1S/C23H22N4O3/c1-14-21-19(23(28)24-16-7-11-18(30-4)12-8-16)13-20(25-22(21)27(2)26-14)15-5-9-17(29-3)10-6-15/h5-13H,1-4H3,(H,24,28). The number of amides is 1. The molecule has 0 radical (unpaired) electrons. The number of ether oxygens (including phenoxy) is 2. The summed E-state index contributed by atoms with van der Waals surface area (Å²) < 4.78 is 12.1. The molecule has 0 aliphatic carbocycles. The van der Waals surface area contributed by atoms with Gasteiger partial charge in [0.05, 0.1) is 36.6 Å². The van der Waals surface area contributed by atoms with Crippen molar-refractivity contribution in [1.82, 2.24) is 14.8 Å².